The van der Waals surface area contributed by atoms with Gasteiger partial charge in [-0.2, -0.15) is 0 Å². The number of rotatable bonds is 7. The lowest BCUT2D eigenvalue weighted by atomic mass is 10.2. The van der Waals surface area contributed by atoms with Crippen LogP contribution in [0.4, 0.5) is 5.69 Å². The molecule has 0 amide bonds. The van der Waals surface area contributed by atoms with E-state index in [4.69, 9.17) is 5.73 Å². The normalized spacial score (nSPS) is 13.5. The zero-order valence-corrected chi connectivity index (χ0v) is 12.6. The lowest BCUT2D eigenvalue weighted by Crippen LogP contribution is -2.22. The summed E-state index contributed by atoms with van der Waals surface area (Å²) in [4.78, 5) is 0.299. The van der Waals surface area contributed by atoms with Crippen molar-refractivity contribution in [2.75, 3.05) is 26.0 Å². The van der Waals surface area contributed by atoms with Crippen LogP contribution in [0, 0.1) is 0 Å². The Morgan fingerprint density at radius 2 is 1.84 bits per heavy atom. The van der Waals surface area contributed by atoms with Crippen molar-refractivity contribution in [3.8, 4) is 0 Å². The second-order valence-corrected chi connectivity index (χ2v) is 6.85. The van der Waals surface area contributed by atoms with E-state index in [0.29, 0.717) is 4.90 Å². The fourth-order valence-electron chi connectivity index (χ4n) is 1.56. The topological polar surface area (TPSA) is 75.4 Å². The molecule has 5 nitrogen and oxygen atoms in total. The second kappa shape index (κ2) is 6.88. The molecule has 1 unspecified atom stereocenters. The van der Waals surface area contributed by atoms with Crippen LogP contribution in [0.1, 0.15) is 19.8 Å². The zero-order valence-electron chi connectivity index (χ0n) is 11.8. The average Bonchev–Trinajstić information content (AvgIpc) is 2.39. The molecule has 0 heterocycles. The van der Waals surface area contributed by atoms with Gasteiger partial charge in [-0.3, -0.25) is 0 Å². The molecule has 0 aliphatic heterocycles. The molecule has 0 radical (unpaired) electrons. The van der Waals surface area contributed by atoms with Crippen LogP contribution in [0.5, 0.6) is 0 Å². The second-order valence-electron chi connectivity index (χ2n) is 4.70. The molecule has 6 heteroatoms. The Morgan fingerprint density at radius 3 is 2.32 bits per heavy atom. The summed E-state index contributed by atoms with van der Waals surface area (Å²) in [5, 5.41) is 3.23. The summed E-state index contributed by atoms with van der Waals surface area (Å²) in [6.07, 6.45) is 1.86. The van der Waals surface area contributed by atoms with Crippen molar-refractivity contribution >= 4 is 15.7 Å². The third-order valence-electron chi connectivity index (χ3n) is 3.00. The van der Waals surface area contributed by atoms with Gasteiger partial charge in [-0.15, -0.1) is 0 Å². The number of nitrogens with one attached hydrogen (secondary N) is 1. The van der Waals surface area contributed by atoms with E-state index in [0.717, 1.165) is 25.1 Å². The Labute approximate surface area is 115 Å². The van der Waals surface area contributed by atoms with Gasteiger partial charge in [0.25, 0.3) is 0 Å². The smallest absolute Gasteiger partial charge is 0.242 e. The van der Waals surface area contributed by atoms with Crippen LogP contribution in [0.25, 0.3) is 0 Å². The Balaban J connectivity index is 2.62. The standard InChI is InChI=1S/C13H23N3O2S/c1-4-11(14)9-10-15-12-5-7-13(8-6-12)19(17,18)16(2)3/h5-8,11,15H,4,9-10,14H2,1-3H3. The third kappa shape index (κ3) is 4.49. The lowest BCUT2D eigenvalue weighted by molar-refractivity contribution is 0.521. The summed E-state index contributed by atoms with van der Waals surface area (Å²) in [7, 11) is -0.303. The van der Waals surface area contributed by atoms with Gasteiger partial charge < -0.3 is 11.1 Å². The quantitative estimate of drug-likeness (QED) is 0.795. The first-order valence-corrected chi connectivity index (χ1v) is 7.84. The molecule has 0 aliphatic carbocycles. The van der Waals surface area contributed by atoms with Crippen molar-refractivity contribution in [2.24, 2.45) is 5.73 Å². The predicted octanol–water partition coefficient (Wildman–Crippen LogP) is 1.48. The average molecular weight is 285 g/mol. The van der Waals surface area contributed by atoms with E-state index in [9.17, 15) is 8.42 Å². The van der Waals surface area contributed by atoms with Crippen molar-refractivity contribution < 1.29 is 8.42 Å². The summed E-state index contributed by atoms with van der Waals surface area (Å²) in [5.74, 6) is 0. The lowest BCUT2D eigenvalue weighted by Gasteiger charge is -2.13. The van der Waals surface area contributed by atoms with Crippen LogP contribution in [0.15, 0.2) is 29.2 Å². The molecule has 3 N–H and O–H groups in total. The van der Waals surface area contributed by atoms with E-state index < -0.39 is 10.0 Å². The van der Waals surface area contributed by atoms with Crippen LogP contribution in [-0.4, -0.2) is 39.4 Å². The number of benzene rings is 1. The van der Waals surface area contributed by atoms with E-state index in [-0.39, 0.29) is 6.04 Å². The summed E-state index contributed by atoms with van der Waals surface area (Å²) in [6.45, 7) is 2.85. The van der Waals surface area contributed by atoms with Crippen molar-refractivity contribution in [2.45, 2.75) is 30.7 Å². The maximum atomic E-state index is 11.9. The van der Waals surface area contributed by atoms with Crippen molar-refractivity contribution in [3.63, 3.8) is 0 Å². The number of hydrogen-bond donors (Lipinski definition) is 2. The summed E-state index contributed by atoms with van der Waals surface area (Å²) >= 11 is 0. The number of nitrogens with two attached hydrogens (primary N) is 1. The molecule has 108 valence electrons. The highest BCUT2D eigenvalue weighted by atomic mass is 32.2. The Morgan fingerprint density at radius 1 is 1.26 bits per heavy atom. The van der Waals surface area contributed by atoms with E-state index >= 15 is 0 Å². The van der Waals surface area contributed by atoms with Gasteiger partial charge in [-0.05, 0) is 37.1 Å². The molecule has 1 atom stereocenters. The fraction of sp³-hybridized carbons (Fsp3) is 0.538. The van der Waals surface area contributed by atoms with Crippen LogP contribution < -0.4 is 11.1 Å². The molecule has 0 bridgehead atoms. The van der Waals surface area contributed by atoms with Gasteiger partial charge in [-0.1, -0.05) is 6.92 Å². The highest BCUT2D eigenvalue weighted by Crippen LogP contribution is 2.16. The zero-order chi connectivity index (χ0) is 14.5. The van der Waals surface area contributed by atoms with Gasteiger partial charge in [0.15, 0.2) is 0 Å². The summed E-state index contributed by atoms with van der Waals surface area (Å²) in [5.41, 5.74) is 6.73. The Hall–Kier alpha value is -1.11. The maximum absolute atomic E-state index is 11.9. The van der Waals surface area contributed by atoms with Gasteiger partial charge in [0.2, 0.25) is 10.0 Å². The van der Waals surface area contributed by atoms with Crippen LogP contribution in [0.3, 0.4) is 0 Å². The minimum Gasteiger partial charge on any atom is -0.385 e. The van der Waals surface area contributed by atoms with E-state index in [1.54, 1.807) is 24.3 Å². The molecule has 0 aromatic heterocycles. The van der Waals surface area contributed by atoms with Crippen molar-refractivity contribution in [1.29, 1.82) is 0 Å². The molecular weight excluding hydrogens is 262 g/mol. The predicted molar refractivity (Wildman–Crippen MR) is 78.7 cm³/mol. The van der Waals surface area contributed by atoms with Crippen molar-refractivity contribution in [1.82, 2.24) is 4.31 Å². The van der Waals surface area contributed by atoms with E-state index in [2.05, 4.69) is 12.2 Å². The fourth-order valence-corrected chi connectivity index (χ4v) is 2.46. The number of nitrogens with zero attached hydrogens (tertiary/aromatic N) is 1. The summed E-state index contributed by atoms with van der Waals surface area (Å²) < 4.78 is 25.0. The number of sulfonamides is 1. The van der Waals surface area contributed by atoms with Gasteiger partial charge in [-0.25, -0.2) is 12.7 Å². The molecule has 19 heavy (non-hydrogen) atoms. The SMILES string of the molecule is CCC(N)CCNc1ccc(S(=O)(=O)N(C)C)cc1. The highest BCUT2D eigenvalue weighted by Gasteiger charge is 2.16. The molecule has 1 aromatic carbocycles. The minimum atomic E-state index is -3.35. The molecule has 1 rings (SSSR count). The van der Waals surface area contributed by atoms with Crippen molar-refractivity contribution in [3.05, 3.63) is 24.3 Å². The first kappa shape index (κ1) is 15.9. The van der Waals surface area contributed by atoms with E-state index in [1.807, 2.05) is 0 Å². The van der Waals surface area contributed by atoms with Gasteiger partial charge in [0.05, 0.1) is 4.90 Å². The number of anilines is 1. The molecule has 0 spiro atoms. The molecule has 0 fully saturated rings. The molecule has 0 aliphatic rings. The van der Waals surface area contributed by atoms with E-state index in [1.165, 1.54) is 18.4 Å². The third-order valence-corrected chi connectivity index (χ3v) is 4.83. The monoisotopic (exact) mass is 285 g/mol. The Bertz CT molecular complexity index is 483. The first-order chi connectivity index (χ1) is 8.87. The van der Waals surface area contributed by atoms with Crippen LogP contribution >= 0.6 is 0 Å². The van der Waals surface area contributed by atoms with Gasteiger partial charge >= 0.3 is 0 Å². The van der Waals surface area contributed by atoms with Gasteiger partial charge in [0.1, 0.15) is 0 Å². The van der Waals surface area contributed by atoms with Crippen LogP contribution in [0.2, 0.25) is 0 Å². The van der Waals surface area contributed by atoms with Gasteiger partial charge in [0, 0.05) is 32.4 Å². The maximum Gasteiger partial charge on any atom is 0.242 e. The molecule has 0 saturated heterocycles. The summed E-state index contributed by atoms with van der Waals surface area (Å²) in [6, 6.07) is 6.97. The largest absolute Gasteiger partial charge is 0.385 e. The molecule has 0 saturated carbocycles. The highest BCUT2D eigenvalue weighted by molar-refractivity contribution is 7.89. The van der Waals surface area contributed by atoms with Crippen LogP contribution in [-0.2, 0) is 10.0 Å². The Kier molecular flexibility index (Phi) is 5.78. The molecule has 1 aromatic rings. The number of hydrogen-bond acceptors (Lipinski definition) is 4. The minimum absolute atomic E-state index is 0.209. The first-order valence-electron chi connectivity index (χ1n) is 6.40. The molecular formula is C13H23N3O2S.